The number of amides is 1. The molecule has 9 nitrogen and oxygen atoms in total. The SMILES string of the molecule is O=C(NN=Cc1ccccc1O)c1nn(Cc2ccc(Br)cc2)cc1[N+](=O)[O-]. The lowest BCUT2D eigenvalue weighted by molar-refractivity contribution is -0.385. The lowest BCUT2D eigenvalue weighted by Gasteiger charge is -2.01. The first-order chi connectivity index (χ1) is 13.4. The van der Waals surface area contributed by atoms with Crippen LogP contribution in [-0.2, 0) is 6.54 Å². The second kappa shape index (κ2) is 8.44. The maximum atomic E-state index is 12.3. The quantitative estimate of drug-likeness (QED) is 0.344. The Bertz CT molecular complexity index is 1050. The topological polar surface area (TPSA) is 123 Å². The summed E-state index contributed by atoms with van der Waals surface area (Å²) in [5.74, 6) is -0.835. The normalized spacial score (nSPS) is 10.9. The lowest BCUT2D eigenvalue weighted by atomic mass is 10.2. The molecule has 1 heterocycles. The fraction of sp³-hybridized carbons (Fsp3) is 0.0556. The molecule has 0 aliphatic heterocycles. The van der Waals surface area contributed by atoms with Crippen LogP contribution in [0.3, 0.4) is 0 Å². The van der Waals surface area contributed by atoms with Crippen molar-refractivity contribution in [3.8, 4) is 5.75 Å². The highest BCUT2D eigenvalue weighted by atomic mass is 79.9. The number of para-hydroxylation sites is 1. The third-order valence-corrected chi connectivity index (χ3v) is 4.25. The van der Waals surface area contributed by atoms with Crippen LogP contribution in [-0.4, -0.2) is 31.9 Å². The first-order valence-electron chi connectivity index (χ1n) is 8.01. The van der Waals surface area contributed by atoms with Gasteiger partial charge < -0.3 is 5.11 Å². The molecule has 1 aromatic heterocycles. The molecule has 1 amide bonds. The number of nitro groups is 1. The fourth-order valence-corrected chi connectivity index (χ4v) is 2.64. The van der Waals surface area contributed by atoms with E-state index in [1.165, 1.54) is 23.2 Å². The molecule has 2 aromatic carbocycles. The zero-order valence-electron chi connectivity index (χ0n) is 14.3. The van der Waals surface area contributed by atoms with Crippen LogP contribution >= 0.6 is 15.9 Å². The van der Waals surface area contributed by atoms with E-state index in [2.05, 4.69) is 31.6 Å². The van der Waals surface area contributed by atoms with Crippen LogP contribution < -0.4 is 5.43 Å². The van der Waals surface area contributed by atoms with E-state index in [4.69, 9.17) is 0 Å². The molecule has 0 aliphatic rings. The van der Waals surface area contributed by atoms with Crippen LogP contribution in [0.25, 0.3) is 0 Å². The van der Waals surface area contributed by atoms with Crippen molar-refractivity contribution in [3.63, 3.8) is 0 Å². The van der Waals surface area contributed by atoms with Gasteiger partial charge in [-0.2, -0.15) is 10.2 Å². The van der Waals surface area contributed by atoms with Crippen molar-refractivity contribution in [2.45, 2.75) is 6.54 Å². The van der Waals surface area contributed by atoms with Gasteiger partial charge in [0.15, 0.2) is 0 Å². The molecule has 0 spiro atoms. The van der Waals surface area contributed by atoms with Crippen molar-refractivity contribution in [2.24, 2.45) is 5.10 Å². The lowest BCUT2D eigenvalue weighted by Crippen LogP contribution is -2.19. The Morgan fingerprint density at radius 3 is 2.68 bits per heavy atom. The summed E-state index contributed by atoms with van der Waals surface area (Å²) in [6.07, 6.45) is 2.43. The highest BCUT2D eigenvalue weighted by Gasteiger charge is 2.25. The van der Waals surface area contributed by atoms with E-state index in [-0.39, 0.29) is 18.0 Å². The predicted octanol–water partition coefficient (Wildman–Crippen LogP) is 3.07. The van der Waals surface area contributed by atoms with Gasteiger partial charge in [-0.25, -0.2) is 5.43 Å². The number of nitrogens with one attached hydrogen (secondary N) is 1. The van der Waals surface area contributed by atoms with E-state index < -0.39 is 16.5 Å². The molecule has 3 aromatic rings. The van der Waals surface area contributed by atoms with Gasteiger partial charge in [0.25, 0.3) is 5.91 Å². The molecule has 0 bridgehead atoms. The summed E-state index contributed by atoms with van der Waals surface area (Å²) in [4.78, 5) is 22.9. The second-order valence-corrected chi connectivity index (χ2v) is 6.62. The van der Waals surface area contributed by atoms with Crippen LogP contribution in [0.5, 0.6) is 5.75 Å². The van der Waals surface area contributed by atoms with Gasteiger partial charge in [0.05, 0.1) is 17.7 Å². The van der Waals surface area contributed by atoms with Gasteiger partial charge in [-0.05, 0) is 29.8 Å². The Morgan fingerprint density at radius 1 is 1.29 bits per heavy atom. The molecule has 2 N–H and O–H groups in total. The molecule has 0 saturated carbocycles. The molecular formula is C18H14BrN5O4. The zero-order chi connectivity index (χ0) is 20.1. The number of hydrogen-bond acceptors (Lipinski definition) is 6. The summed E-state index contributed by atoms with van der Waals surface area (Å²) in [6, 6.07) is 13.8. The molecule has 28 heavy (non-hydrogen) atoms. The summed E-state index contributed by atoms with van der Waals surface area (Å²) in [5.41, 5.74) is 2.67. The van der Waals surface area contributed by atoms with Gasteiger partial charge >= 0.3 is 5.69 Å². The van der Waals surface area contributed by atoms with E-state index >= 15 is 0 Å². The van der Waals surface area contributed by atoms with E-state index in [9.17, 15) is 20.0 Å². The number of phenolic OH excluding ortho intramolecular Hbond substituents is 1. The summed E-state index contributed by atoms with van der Waals surface area (Å²) < 4.78 is 2.23. The van der Waals surface area contributed by atoms with Crippen LogP contribution in [0.1, 0.15) is 21.6 Å². The van der Waals surface area contributed by atoms with E-state index in [1.54, 1.807) is 18.2 Å². The zero-order valence-corrected chi connectivity index (χ0v) is 15.9. The molecule has 3 rings (SSSR count). The highest BCUT2D eigenvalue weighted by molar-refractivity contribution is 9.10. The van der Waals surface area contributed by atoms with Crippen LogP contribution in [0.4, 0.5) is 5.69 Å². The van der Waals surface area contributed by atoms with Crippen molar-refractivity contribution < 1.29 is 14.8 Å². The first kappa shape index (κ1) is 19.2. The highest BCUT2D eigenvalue weighted by Crippen LogP contribution is 2.18. The predicted molar refractivity (Wildman–Crippen MR) is 105 cm³/mol. The minimum Gasteiger partial charge on any atom is -0.507 e. The van der Waals surface area contributed by atoms with E-state index in [0.29, 0.717) is 5.56 Å². The average Bonchev–Trinajstić information content (AvgIpc) is 3.09. The van der Waals surface area contributed by atoms with Gasteiger partial charge in [0.1, 0.15) is 11.9 Å². The Morgan fingerprint density at radius 2 is 2.00 bits per heavy atom. The summed E-state index contributed by atoms with van der Waals surface area (Å²) in [7, 11) is 0. The number of carbonyl (C=O) groups excluding carboxylic acids is 1. The van der Waals surface area contributed by atoms with Gasteiger partial charge in [-0.1, -0.05) is 40.2 Å². The van der Waals surface area contributed by atoms with Crippen molar-refractivity contribution in [2.75, 3.05) is 0 Å². The van der Waals surface area contributed by atoms with Gasteiger partial charge in [-0.3, -0.25) is 19.6 Å². The molecule has 0 aliphatic carbocycles. The molecule has 0 atom stereocenters. The van der Waals surface area contributed by atoms with Crippen LogP contribution in [0.2, 0.25) is 0 Å². The maximum Gasteiger partial charge on any atom is 0.320 e. The second-order valence-electron chi connectivity index (χ2n) is 5.70. The molecule has 0 unspecified atom stereocenters. The molecule has 0 fully saturated rings. The van der Waals surface area contributed by atoms with Gasteiger partial charge in [0.2, 0.25) is 5.69 Å². The monoisotopic (exact) mass is 443 g/mol. The minimum absolute atomic E-state index is 0.00902. The Labute approximate surface area is 167 Å². The molecule has 10 heteroatoms. The number of carbonyl (C=O) groups is 1. The third-order valence-electron chi connectivity index (χ3n) is 3.72. The largest absolute Gasteiger partial charge is 0.507 e. The molecular weight excluding hydrogens is 430 g/mol. The number of benzene rings is 2. The number of halogens is 1. The van der Waals surface area contributed by atoms with Crippen LogP contribution in [0.15, 0.2) is 64.3 Å². The Balaban J connectivity index is 1.77. The van der Waals surface area contributed by atoms with Crippen molar-refractivity contribution >= 4 is 33.7 Å². The van der Waals surface area contributed by atoms with Gasteiger partial charge in [0, 0.05) is 10.0 Å². The Hall–Kier alpha value is -3.53. The summed E-state index contributed by atoms with van der Waals surface area (Å²) in [6.45, 7) is 0.266. The number of rotatable bonds is 6. The first-order valence-corrected chi connectivity index (χ1v) is 8.81. The van der Waals surface area contributed by atoms with E-state index in [1.807, 2.05) is 24.3 Å². The van der Waals surface area contributed by atoms with Gasteiger partial charge in [-0.15, -0.1) is 0 Å². The minimum atomic E-state index is -0.826. The molecule has 142 valence electrons. The van der Waals surface area contributed by atoms with Crippen molar-refractivity contribution in [3.05, 3.63) is 86.1 Å². The third kappa shape index (κ3) is 4.60. The Kier molecular flexibility index (Phi) is 5.80. The average molecular weight is 444 g/mol. The number of aromatic nitrogens is 2. The number of hydrogen-bond donors (Lipinski definition) is 2. The number of phenols is 1. The maximum absolute atomic E-state index is 12.3. The molecule has 0 radical (unpaired) electrons. The number of nitrogens with zero attached hydrogens (tertiary/aromatic N) is 4. The van der Waals surface area contributed by atoms with E-state index in [0.717, 1.165) is 10.0 Å². The standard InChI is InChI=1S/C18H14BrN5O4/c19-14-7-5-12(6-8-14)10-23-11-15(24(27)28)17(22-23)18(26)21-20-9-13-3-1-2-4-16(13)25/h1-9,11,25H,10H2,(H,21,26). The molecule has 0 saturated heterocycles. The fourth-order valence-electron chi connectivity index (χ4n) is 2.37. The van der Waals surface area contributed by atoms with Crippen molar-refractivity contribution in [1.29, 1.82) is 0 Å². The number of hydrazone groups is 1. The summed E-state index contributed by atoms with van der Waals surface area (Å²) in [5, 5.41) is 28.7. The van der Waals surface area contributed by atoms with Crippen LogP contribution in [0, 0.1) is 10.1 Å². The summed E-state index contributed by atoms with van der Waals surface area (Å²) >= 11 is 3.34. The smallest absolute Gasteiger partial charge is 0.320 e. The van der Waals surface area contributed by atoms with Crippen molar-refractivity contribution in [1.82, 2.24) is 15.2 Å². The number of aromatic hydroxyl groups is 1.